The van der Waals surface area contributed by atoms with Gasteiger partial charge in [0.25, 0.3) is 0 Å². The van der Waals surface area contributed by atoms with Gasteiger partial charge in [0.2, 0.25) is 5.89 Å². The van der Waals surface area contributed by atoms with Crippen LogP contribution in [-0.4, -0.2) is 21.8 Å². The van der Waals surface area contributed by atoms with Crippen LogP contribution in [0, 0.1) is 13.8 Å². The van der Waals surface area contributed by atoms with Gasteiger partial charge in [-0.3, -0.25) is 4.79 Å². The van der Waals surface area contributed by atoms with E-state index in [4.69, 9.17) is 9.52 Å². The summed E-state index contributed by atoms with van der Waals surface area (Å²) in [6, 6.07) is 10.8. The van der Waals surface area contributed by atoms with E-state index < -0.39 is 17.7 Å². The first-order valence-corrected chi connectivity index (χ1v) is 11.4. The number of aliphatic carboxylic acids is 1. The Kier molecular flexibility index (Phi) is 7.26. The zero-order chi connectivity index (χ0) is 24.4. The lowest BCUT2D eigenvalue weighted by Crippen LogP contribution is -2.22. The van der Waals surface area contributed by atoms with E-state index in [0.717, 1.165) is 33.8 Å². The number of oxazole rings is 1. The molecule has 0 spiro atoms. The highest BCUT2D eigenvalue weighted by Gasteiger charge is 2.31. The number of thioether (sulfide) groups is 1. The lowest BCUT2D eigenvalue weighted by molar-refractivity contribution is -0.138. The summed E-state index contributed by atoms with van der Waals surface area (Å²) in [5.41, 5.74) is 2.28. The van der Waals surface area contributed by atoms with Crippen molar-refractivity contribution in [2.45, 2.75) is 57.0 Å². The van der Waals surface area contributed by atoms with E-state index in [2.05, 4.69) is 24.9 Å². The van der Waals surface area contributed by atoms with Crippen LogP contribution < -0.4 is 0 Å². The summed E-state index contributed by atoms with van der Waals surface area (Å²) in [5.74, 6) is 0.831. The van der Waals surface area contributed by atoms with Crippen LogP contribution in [0.5, 0.6) is 0 Å². The zero-order valence-corrected chi connectivity index (χ0v) is 19.7. The summed E-state index contributed by atoms with van der Waals surface area (Å²) in [4.78, 5) is 16.5. The molecule has 2 aromatic carbocycles. The topological polar surface area (TPSA) is 63.3 Å². The summed E-state index contributed by atoms with van der Waals surface area (Å²) in [6.07, 6.45) is -3.78. The van der Waals surface area contributed by atoms with Crippen molar-refractivity contribution in [2.24, 2.45) is 0 Å². The maximum Gasteiger partial charge on any atom is 0.416 e. The molecule has 0 aliphatic heterocycles. The zero-order valence-electron chi connectivity index (χ0n) is 18.9. The number of nitrogens with zero attached hydrogens (tertiary/aromatic N) is 1. The van der Waals surface area contributed by atoms with Gasteiger partial charge in [0.05, 0.1) is 11.3 Å². The first kappa shape index (κ1) is 24.9. The van der Waals surface area contributed by atoms with Gasteiger partial charge < -0.3 is 9.52 Å². The van der Waals surface area contributed by atoms with Crippen LogP contribution in [0.2, 0.25) is 0 Å². The molecule has 1 heterocycles. The third kappa shape index (κ3) is 6.19. The predicted molar refractivity (Wildman–Crippen MR) is 123 cm³/mol. The summed E-state index contributed by atoms with van der Waals surface area (Å²) in [6.45, 7) is 7.89. The molecule has 3 aromatic rings. The maximum absolute atomic E-state index is 12.8. The number of rotatable bonds is 8. The van der Waals surface area contributed by atoms with Gasteiger partial charge in [0.15, 0.2) is 0 Å². The highest BCUT2D eigenvalue weighted by atomic mass is 32.2. The van der Waals surface area contributed by atoms with Crippen LogP contribution in [0.15, 0.2) is 51.8 Å². The molecule has 0 radical (unpaired) electrons. The van der Waals surface area contributed by atoms with E-state index in [1.165, 1.54) is 12.1 Å². The largest absolute Gasteiger partial charge is 0.481 e. The number of halogens is 3. The van der Waals surface area contributed by atoms with E-state index in [-0.39, 0.29) is 11.8 Å². The molecule has 4 nitrogen and oxygen atoms in total. The van der Waals surface area contributed by atoms with Crippen molar-refractivity contribution < 1.29 is 27.5 Å². The number of aromatic nitrogens is 1. The monoisotopic (exact) mass is 477 g/mol. The molecule has 0 aliphatic carbocycles. The minimum Gasteiger partial charge on any atom is -0.481 e. The number of hydrogen-bond acceptors (Lipinski definition) is 4. The number of carboxylic acid groups (broad SMARTS) is 1. The van der Waals surface area contributed by atoms with Crippen LogP contribution in [0.25, 0.3) is 11.5 Å². The third-order valence-corrected chi connectivity index (χ3v) is 6.87. The molecule has 176 valence electrons. The van der Waals surface area contributed by atoms with Gasteiger partial charge in [0, 0.05) is 28.0 Å². The molecule has 3 rings (SSSR count). The molecule has 0 saturated heterocycles. The van der Waals surface area contributed by atoms with Crippen LogP contribution in [0.3, 0.4) is 0 Å². The number of alkyl halides is 3. The van der Waals surface area contributed by atoms with Crippen molar-refractivity contribution in [3.05, 3.63) is 70.6 Å². The summed E-state index contributed by atoms with van der Waals surface area (Å²) in [5, 5.41) is 8.88. The van der Waals surface area contributed by atoms with Crippen LogP contribution >= 0.6 is 11.8 Å². The average molecular weight is 478 g/mol. The maximum atomic E-state index is 12.8. The molecule has 1 N–H and O–H groups in total. The Bertz CT molecular complexity index is 1130. The number of hydrogen-bond donors (Lipinski definition) is 1. The molecule has 0 atom stereocenters. The van der Waals surface area contributed by atoms with Gasteiger partial charge in [-0.2, -0.15) is 13.2 Å². The van der Waals surface area contributed by atoms with Gasteiger partial charge in [-0.1, -0.05) is 19.9 Å². The second-order valence-electron chi connectivity index (χ2n) is 8.65. The first-order chi connectivity index (χ1) is 15.4. The fourth-order valence-electron chi connectivity index (χ4n) is 3.56. The minimum absolute atomic E-state index is 0.104. The van der Waals surface area contributed by atoms with E-state index in [9.17, 15) is 18.0 Å². The average Bonchev–Trinajstić information content (AvgIpc) is 3.13. The van der Waals surface area contributed by atoms with Crippen LogP contribution in [0.4, 0.5) is 13.2 Å². The number of aryl methyl sites for hydroxylation is 3. The first-order valence-electron chi connectivity index (χ1n) is 10.5. The van der Waals surface area contributed by atoms with Gasteiger partial charge >= 0.3 is 12.1 Å². The fraction of sp³-hybridized carbons (Fsp3) is 0.360. The molecule has 33 heavy (non-hydrogen) atoms. The Morgan fingerprint density at radius 1 is 1.09 bits per heavy atom. The Labute approximate surface area is 195 Å². The molecule has 0 amide bonds. The molecular formula is C25H26F3NO3S. The minimum atomic E-state index is -4.39. The van der Waals surface area contributed by atoms with Crippen molar-refractivity contribution in [3.63, 3.8) is 0 Å². The van der Waals surface area contributed by atoms with Crippen LogP contribution in [0.1, 0.15) is 48.4 Å². The standard InChI is InChI=1S/C25H26F3NO3S/c1-15-13-20(11-7-17(15)8-12-21(30)31)33-14-24(3,4)22-16(2)32-23(29-22)18-5-9-19(10-6-18)25(26,27)28/h5-7,9-11,13H,8,12,14H2,1-4H3,(H,30,31). The van der Waals surface area contributed by atoms with Gasteiger partial charge in [-0.15, -0.1) is 11.8 Å². The summed E-state index contributed by atoms with van der Waals surface area (Å²) < 4.78 is 44.3. The quantitative estimate of drug-likeness (QED) is 0.352. The predicted octanol–water partition coefficient (Wildman–Crippen LogP) is 7.06. The number of benzene rings is 2. The summed E-state index contributed by atoms with van der Waals surface area (Å²) >= 11 is 1.66. The Morgan fingerprint density at radius 3 is 2.33 bits per heavy atom. The molecule has 0 unspecified atom stereocenters. The normalized spacial score (nSPS) is 12.2. The second kappa shape index (κ2) is 9.63. The molecule has 0 fully saturated rings. The van der Waals surface area contributed by atoms with Crippen molar-refractivity contribution in [1.29, 1.82) is 0 Å². The molecular weight excluding hydrogens is 451 g/mol. The van der Waals surface area contributed by atoms with E-state index in [1.807, 2.05) is 26.0 Å². The number of carbonyl (C=O) groups is 1. The van der Waals surface area contributed by atoms with Crippen molar-refractivity contribution in [2.75, 3.05) is 5.75 Å². The van der Waals surface area contributed by atoms with Crippen LogP contribution in [-0.2, 0) is 22.8 Å². The third-order valence-electron chi connectivity index (χ3n) is 5.42. The Morgan fingerprint density at radius 2 is 1.76 bits per heavy atom. The fourth-order valence-corrected chi connectivity index (χ4v) is 4.65. The molecule has 0 bridgehead atoms. The smallest absolute Gasteiger partial charge is 0.416 e. The Hall–Kier alpha value is -2.74. The van der Waals surface area contributed by atoms with Gasteiger partial charge in [-0.05, 0) is 67.8 Å². The molecule has 0 aliphatic rings. The Balaban J connectivity index is 1.72. The SMILES string of the molecule is Cc1cc(SCC(C)(C)c2nc(-c3ccc(C(F)(F)F)cc3)oc2C)ccc1CCC(=O)O. The second-order valence-corrected chi connectivity index (χ2v) is 9.70. The lowest BCUT2D eigenvalue weighted by atomic mass is 9.91. The number of carboxylic acids is 1. The van der Waals surface area contributed by atoms with Crippen molar-refractivity contribution >= 4 is 17.7 Å². The van der Waals surface area contributed by atoms with Crippen molar-refractivity contribution in [1.82, 2.24) is 4.98 Å². The van der Waals surface area contributed by atoms with Gasteiger partial charge in [-0.25, -0.2) is 4.98 Å². The molecule has 1 aromatic heterocycles. The van der Waals surface area contributed by atoms with Gasteiger partial charge in [0.1, 0.15) is 5.76 Å². The lowest BCUT2D eigenvalue weighted by Gasteiger charge is -2.22. The van der Waals surface area contributed by atoms with E-state index in [1.54, 1.807) is 11.8 Å². The molecule has 0 saturated carbocycles. The molecule has 8 heteroatoms. The highest BCUT2D eigenvalue weighted by Crippen LogP contribution is 2.36. The van der Waals surface area contributed by atoms with E-state index >= 15 is 0 Å². The van der Waals surface area contributed by atoms with E-state index in [0.29, 0.717) is 29.4 Å². The van der Waals surface area contributed by atoms with Crippen molar-refractivity contribution in [3.8, 4) is 11.5 Å². The summed E-state index contributed by atoms with van der Waals surface area (Å²) in [7, 11) is 0. The highest BCUT2D eigenvalue weighted by molar-refractivity contribution is 7.99.